The van der Waals surface area contributed by atoms with E-state index in [0.29, 0.717) is 12.2 Å². The highest BCUT2D eigenvalue weighted by molar-refractivity contribution is 7.99. The quantitative estimate of drug-likeness (QED) is 0.470. The third-order valence-corrected chi connectivity index (χ3v) is 7.62. The van der Waals surface area contributed by atoms with Crippen LogP contribution < -0.4 is 10.1 Å². The molecular weight excluding hydrogens is 466 g/mol. The molecule has 0 aliphatic carbocycles. The van der Waals surface area contributed by atoms with Crippen molar-refractivity contribution in [3.63, 3.8) is 0 Å². The number of rotatable bonds is 7. The first-order chi connectivity index (χ1) is 16.9. The summed E-state index contributed by atoms with van der Waals surface area (Å²) < 4.78 is 7.36. The minimum atomic E-state index is -1.20. The largest absolute Gasteiger partial charge is 0.496 e. The summed E-state index contributed by atoms with van der Waals surface area (Å²) in [4.78, 5) is 27.5. The van der Waals surface area contributed by atoms with Crippen LogP contribution in [0.15, 0.2) is 16.8 Å². The zero-order valence-corrected chi connectivity index (χ0v) is 21.0. The highest BCUT2D eigenvalue weighted by Crippen LogP contribution is 2.36. The SMILES string of the molecule is COc1c(C)cnc(Cn2nc3c4c(nc(NC(=O)O)nc42)SCC(CCN2CCCC2)=C3)c1C. The van der Waals surface area contributed by atoms with E-state index in [1.54, 1.807) is 29.8 Å². The normalized spacial score (nSPS) is 15.8. The van der Waals surface area contributed by atoms with Crippen LogP contribution in [-0.4, -0.2) is 73.3 Å². The summed E-state index contributed by atoms with van der Waals surface area (Å²) in [7, 11) is 1.65. The molecule has 0 spiro atoms. The van der Waals surface area contributed by atoms with E-state index >= 15 is 0 Å². The second kappa shape index (κ2) is 9.82. The van der Waals surface area contributed by atoms with E-state index in [4.69, 9.17) is 9.84 Å². The van der Waals surface area contributed by atoms with Crippen molar-refractivity contribution in [1.82, 2.24) is 29.6 Å². The lowest BCUT2D eigenvalue weighted by molar-refractivity contribution is 0.209. The summed E-state index contributed by atoms with van der Waals surface area (Å²) in [5, 5.41) is 18.0. The zero-order valence-electron chi connectivity index (χ0n) is 20.2. The molecule has 184 valence electrons. The molecule has 0 unspecified atom stereocenters. The molecule has 2 aliphatic heterocycles. The first-order valence-electron chi connectivity index (χ1n) is 11.7. The minimum absolute atomic E-state index is 0.0480. The minimum Gasteiger partial charge on any atom is -0.496 e. The molecular formula is C24H29N7O3S. The van der Waals surface area contributed by atoms with Crippen LogP contribution in [0.3, 0.4) is 0 Å². The molecule has 0 radical (unpaired) electrons. The summed E-state index contributed by atoms with van der Waals surface area (Å²) in [6.07, 6.45) is 6.26. The topological polar surface area (TPSA) is 118 Å². The molecule has 2 aliphatic rings. The summed E-state index contributed by atoms with van der Waals surface area (Å²) in [5.74, 6) is 1.64. The number of thioether (sulfide) groups is 1. The van der Waals surface area contributed by atoms with Crippen molar-refractivity contribution in [3.8, 4) is 5.75 Å². The molecule has 2 N–H and O–H groups in total. The Labute approximate surface area is 207 Å². The van der Waals surface area contributed by atoms with E-state index in [1.807, 2.05) is 13.8 Å². The van der Waals surface area contributed by atoms with Gasteiger partial charge >= 0.3 is 6.09 Å². The lowest BCUT2D eigenvalue weighted by Crippen LogP contribution is -2.20. The lowest BCUT2D eigenvalue weighted by atomic mass is 10.1. The molecule has 10 nitrogen and oxygen atoms in total. The maximum absolute atomic E-state index is 11.3. The van der Waals surface area contributed by atoms with Gasteiger partial charge in [0.25, 0.3) is 0 Å². The fourth-order valence-corrected chi connectivity index (χ4v) is 5.80. The van der Waals surface area contributed by atoms with Gasteiger partial charge in [0.15, 0.2) is 5.65 Å². The average Bonchev–Trinajstić information content (AvgIpc) is 3.41. The van der Waals surface area contributed by atoms with Crippen molar-refractivity contribution < 1.29 is 14.6 Å². The molecule has 0 saturated carbocycles. The Morgan fingerprint density at radius 1 is 1.26 bits per heavy atom. The van der Waals surface area contributed by atoms with Gasteiger partial charge in [-0.25, -0.2) is 14.5 Å². The number of hydrogen-bond acceptors (Lipinski definition) is 8. The maximum atomic E-state index is 11.3. The smallest absolute Gasteiger partial charge is 0.411 e. The van der Waals surface area contributed by atoms with E-state index in [9.17, 15) is 9.90 Å². The molecule has 0 bridgehead atoms. The van der Waals surface area contributed by atoms with Gasteiger partial charge in [0, 0.05) is 29.6 Å². The lowest BCUT2D eigenvalue weighted by Gasteiger charge is -2.15. The number of anilines is 1. The summed E-state index contributed by atoms with van der Waals surface area (Å²) >= 11 is 1.60. The first-order valence-corrected chi connectivity index (χ1v) is 12.7. The van der Waals surface area contributed by atoms with Gasteiger partial charge in [0.05, 0.1) is 30.4 Å². The van der Waals surface area contributed by atoms with E-state index in [0.717, 1.165) is 57.4 Å². The van der Waals surface area contributed by atoms with Crippen LogP contribution in [0, 0.1) is 13.8 Å². The van der Waals surface area contributed by atoms with Crippen LogP contribution in [0.4, 0.5) is 10.7 Å². The van der Waals surface area contributed by atoms with Crippen molar-refractivity contribution >= 4 is 40.9 Å². The Kier molecular flexibility index (Phi) is 6.61. The number of aromatic nitrogens is 5. The Bertz CT molecular complexity index is 1310. The van der Waals surface area contributed by atoms with Crippen molar-refractivity contribution in [3.05, 3.63) is 34.3 Å². The van der Waals surface area contributed by atoms with Gasteiger partial charge < -0.3 is 14.7 Å². The zero-order chi connectivity index (χ0) is 24.5. The highest BCUT2D eigenvalue weighted by atomic mass is 32.2. The predicted octanol–water partition coefficient (Wildman–Crippen LogP) is 3.96. The van der Waals surface area contributed by atoms with Gasteiger partial charge in [-0.15, -0.1) is 11.8 Å². The van der Waals surface area contributed by atoms with E-state index in [1.165, 1.54) is 31.5 Å². The Balaban J connectivity index is 1.55. The summed E-state index contributed by atoms with van der Waals surface area (Å²) in [6.45, 7) is 7.70. The molecule has 0 aromatic carbocycles. The molecule has 5 rings (SSSR count). The van der Waals surface area contributed by atoms with Crippen molar-refractivity contribution in [2.24, 2.45) is 0 Å². The van der Waals surface area contributed by atoms with Gasteiger partial charge in [0.1, 0.15) is 10.8 Å². The molecule has 1 fully saturated rings. The number of nitrogens with zero attached hydrogens (tertiary/aromatic N) is 6. The number of amides is 1. The molecule has 1 amide bonds. The summed E-state index contributed by atoms with van der Waals surface area (Å²) in [5.41, 5.74) is 5.42. The number of carbonyl (C=O) groups is 1. The van der Waals surface area contributed by atoms with Gasteiger partial charge in [-0.05, 0) is 52.3 Å². The van der Waals surface area contributed by atoms with Crippen LogP contribution in [-0.2, 0) is 6.54 Å². The monoisotopic (exact) mass is 495 g/mol. The molecule has 1 saturated heterocycles. The van der Waals surface area contributed by atoms with Gasteiger partial charge in [-0.1, -0.05) is 5.57 Å². The second-order valence-electron chi connectivity index (χ2n) is 8.96. The predicted molar refractivity (Wildman–Crippen MR) is 135 cm³/mol. The molecule has 0 atom stereocenters. The Morgan fingerprint density at radius 3 is 2.80 bits per heavy atom. The van der Waals surface area contributed by atoms with Crippen LogP contribution >= 0.6 is 11.8 Å². The third-order valence-electron chi connectivity index (χ3n) is 6.54. The Hall–Kier alpha value is -3.18. The van der Waals surface area contributed by atoms with E-state index in [-0.39, 0.29) is 5.95 Å². The number of carboxylic acid groups (broad SMARTS) is 1. The van der Waals surface area contributed by atoms with Crippen LogP contribution in [0.25, 0.3) is 17.1 Å². The average molecular weight is 496 g/mol. The van der Waals surface area contributed by atoms with Gasteiger partial charge in [0.2, 0.25) is 5.95 Å². The fraction of sp³-hybridized carbons (Fsp3) is 0.458. The number of aryl methyl sites for hydroxylation is 1. The number of methoxy groups -OCH3 is 1. The number of nitrogens with one attached hydrogen (secondary N) is 1. The van der Waals surface area contributed by atoms with Crippen LogP contribution in [0.2, 0.25) is 0 Å². The van der Waals surface area contributed by atoms with Crippen molar-refractivity contribution in [2.75, 3.05) is 37.8 Å². The van der Waals surface area contributed by atoms with E-state index < -0.39 is 6.09 Å². The van der Waals surface area contributed by atoms with Crippen molar-refractivity contribution in [2.45, 2.75) is 44.7 Å². The third kappa shape index (κ3) is 4.83. The van der Waals surface area contributed by atoms with E-state index in [2.05, 4.69) is 31.2 Å². The number of hydrogen-bond donors (Lipinski definition) is 2. The molecule has 35 heavy (non-hydrogen) atoms. The number of pyridine rings is 1. The van der Waals surface area contributed by atoms with Gasteiger partial charge in [-0.2, -0.15) is 10.1 Å². The van der Waals surface area contributed by atoms with Crippen molar-refractivity contribution in [1.29, 1.82) is 0 Å². The number of ether oxygens (including phenoxy) is 1. The highest BCUT2D eigenvalue weighted by Gasteiger charge is 2.23. The molecule has 3 aromatic heterocycles. The summed E-state index contributed by atoms with van der Waals surface area (Å²) in [6, 6.07) is 0. The second-order valence-corrected chi connectivity index (χ2v) is 9.92. The number of likely N-dealkylation sites (tertiary alicyclic amines) is 1. The Morgan fingerprint density at radius 2 is 2.06 bits per heavy atom. The van der Waals surface area contributed by atoms with Crippen LogP contribution in [0.5, 0.6) is 5.75 Å². The molecule has 5 heterocycles. The van der Waals surface area contributed by atoms with Crippen LogP contribution in [0.1, 0.15) is 41.8 Å². The standard InChI is InChI=1S/C24H29N7O3S/c1-14-11-25-18(15(2)20(14)34-3)12-31-21-19-17(29-31)10-16(6-9-30-7-4-5-8-30)13-35-22(19)27-23(26-21)28-24(32)33/h10-11H,4-9,12-13H2,1-3H3,(H,32,33)(H,26,27,28). The molecule has 11 heteroatoms. The fourth-order valence-electron chi connectivity index (χ4n) is 4.76. The first kappa shape index (κ1) is 23.6. The molecule has 3 aromatic rings. The van der Waals surface area contributed by atoms with Gasteiger partial charge in [-0.3, -0.25) is 10.3 Å². The maximum Gasteiger partial charge on any atom is 0.411 e.